The summed E-state index contributed by atoms with van der Waals surface area (Å²) in [5, 5.41) is 30.5. The van der Waals surface area contributed by atoms with E-state index in [0.29, 0.717) is 36.0 Å². The van der Waals surface area contributed by atoms with Gasteiger partial charge in [-0.2, -0.15) is 0 Å². The molecular weight excluding hydrogens is 416 g/mol. The molecule has 0 amide bonds. The predicted octanol–water partition coefficient (Wildman–Crippen LogP) is 6.52. The van der Waals surface area contributed by atoms with Crippen LogP contribution < -0.4 is 0 Å². The second-order valence-electron chi connectivity index (χ2n) is 9.06. The third-order valence-corrected chi connectivity index (χ3v) is 5.45. The molecule has 0 radical (unpaired) electrons. The second kappa shape index (κ2) is 13.7. The van der Waals surface area contributed by atoms with Gasteiger partial charge in [0, 0.05) is 11.1 Å². The van der Waals surface area contributed by atoms with E-state index in [1.807, 2.05) is 26.8 Å². The minimum Gasteiger partial charge on any atom is -0.508 e. The minimum absolute atomic E-state index is 0.0633. The molecule has 1 aromatic rings. The highest BCUT2D eigenvalue weighted by atomic mass is 16.5. The lowest BCUT2D eigenvalue weighted by atomic mass is 9.96. The number of ether oxygens (including phenoxy) is 1. The van der Waals surface area contributed by atoms with Crippen LogP contribution in [-0.2, 0) is 9.53 Å². The Kier molecular flexibility index (Phi) is 11.7. The maximum absolute atomic E-state index is 12.0. The van der Waals surface area contributed by atoms with Gasteiger partial charge in [0.2, 0.25) is 0 Å². The van der Waals surface area contributed by atoms with Crippen LogP contribution in [0.4, 0.5) is 0 Å². The molecule has 5 nitrogen and oxygen atoms in total. The van der Waals surface area contributed by atoms with Crippen LogP contribution >= 0.6 is 0 Å². The summed E-state index contributed by atoms with van der Waals surface area (Å²) < 4.78 is 4.90. The van der Waals surface area contributed by atoms with E-state index in [4.69, 9.17) is 4.74 Å². The van der Waals surface area contributed by atoms with E-state index >= 15 is 0 Å². The van der Waals surface area contributed by atoms with Gasteiger partial charge in [0.15, 0.2) is 0 Å². The number of rotatable bonds is 12. The van der Waals surface area contributed by atoms with Crippen molar-refractivity contribution in [1.29, 1.82) is 0 Å². The lowest BCUT2D eigenvalue weighted by molar-refractivity contribution is -0.136. The van der Waals surface area contributed by atoms with Gasteiger partial charge in [-0.1, -0.05) is 41.5 Å². The number of benzene rings is 1. The molecule has 0 unspecified atom stereocenters. The number of aromatic hydroxyl groups is 2. The highest BCUT2D eigenvalue weighted by Gasteiger charge is 2.15. The SMILES string of the molecule is COC(=O)/C(=C\CC/C(C)=C/CC[C@](C)(O)/C=C\c1cc(O)c(C)cc1O)CCC=C(C)C. The largest absolute Gasteiger partial charge is 0.508 e. The molecule has 0 fully saturated rings. The Morgan fingerprint density at radius 2 is 1.67 bits per heavy atom. The molecule has 0 aliphatic rings. The number of carbonyl (C=O) groups excluding carboxylic acids is 1. The summed E-state index contributed by atoms with van der Waals surface area (Å²) in [6, 6.07) is 2.98. The molecule has 0 aliphatic carbocycles. The zero-order valence-corrected chi connectivity index (χ0v) is 20.9. The van der Waals surface area contributed by atoms with Gasteiger partial charge in [-0.05, 0) is 90.8 Å². The van der Waals surface area contributed by atoms with Crippen LogP contribution in [0, 0.1) is 6.92 Å². The van der Waals surface area contributed by atoms with E-state index in [1.165, 1.54) is 30.4 Å². The van der Waals surface area contributed by atoms with E-state index in [2.05, 4.69) is 12.2 Å². The van der Waals surface area contributed by atoms with Crippen LogP contribution in [0.25, 0.3) is 6.08 Å². The second-order valence-corrected chi connectivity index (χ2v) is 9.06. The fourth-order valence-electron chi connectivity index (χ4n) is 3.31. The Labute approximate surface area is 198 Å². The first-order valence-electron chi connectivity index (χ1n) is 11.5. The van der Waals surface area contributed by atoms with Crippen molar-refractivity contribution in [1.82, 2.24) is 0 Å². The molecule has 0 bridgehead atoms. The summed E-state index contributed by atoms with van der Waals surface area (Å²) in [4.78, 5) is 12.0. The van der Waals surface area contributed by atoms with Crippen molar-refractivity contribution in [2.75, 3.05) is 7.11 Å². The average Bonchev–Trinajstić information content (AvgIpc) is 2.73. The number of esters is 1. The van der Waals surface area contributed by atoms with Crippen LogP contribution in [0.1, 0.15) is 77.3 Å². The Morgan fingerprint density at radius 1 is 1.00 bits per heavy atom. The van der Waals surface area contributed by atoms with Gasteiger partial charge >= 0.3 is 5.97 Å². The first-order valence-corrected chi connectivity index (χ1v) is 11.5. The number of allylic oxidation sites excluding steroid dienone is 5. The molecule has 5 heteroatoms. The van der Waals surface area contributed by atoms with Gasteiger partial charge in [0.05, 0.1) is 12.7 Å². The van der Waals surface area contributed by atoms with Crippen molar-refractivity contribution >= 4 is 12.0 Å². The molecule has 0 aromatic heterocycles. The molecule has 0 aliphatic heterocycles. The van der Waals surface area contributed by atoms with Gasteiger partial charge in [0.25, 0.3) is 0 Å². The number of phenols is 2. The molecule has 1 atom stereocenters. The summed E-state index contributed by atoms with van der Waals surface area (Å²) in [6.07, 6.45) is 13.7. The van der Waals surface area contributed by atoms with E-state index in [9.17, 15) is 20.1 Å². The summed E-state index contributed by atoms with van der Waals surface area (Å²) in [6.45, 7) is 9.56. The van der Waals surface area contributed by atoms with Crippen LogP contribution in [-0.4, -0.2) is 34.0 Å². The predicted molar refractivity (Wildman–Crippen MR) is 135 cm³/mol. The number of carbonyl (C=O) groups is 1. The van der Waals surface area contributed by atoms with Crippen molar-refractivity contribution in [3.05, 3.63) is 64.3 Å². The smallest absolute Gasteiger partial charge is 0.333 e. The molecule has 0 spiro atoms. The van der Waals surface area contributed by atoms with Crippen molar-refractivity contribution in [2.24, 2.45) is 0 Å². The topological polar surface area (TPSA) is 87.0 Å². The first kappa shape index (κ1) is 28.2. The maximum atomic E-state index is 12.0. The third-order valence-electron chi connectivity index (χ3n) is 5.45. The Balaban J connectivity index is 2.62. The van der Waals surface area contributed by atoms with E-state index in [1.54, 1.807) is 26.0 Å². The lowest BCUT2D eigenvalue weighted by Gasteiger charge is -2.18. The standard InChI is InChI=1S/C28H40O5/c1-20(2)10-7-13-23(27(31)33-6)14-8-11-21(3)12-9-16-28(5,32)17-15-24-19-25(29)22(4)18-26(24)30/h10,12,14-15,17-19,29-30,32H,7-9,11,13,16H2,1-6H3/b17-15-,21-12+,23-14-/t28-/m0/s1. The van der Waals surface area contributed by atoms with Gasteiger partial charge in [-0.3, -0.25) is 0 Å². The van der Waals surface area contributed by atoms with E-state index in [-0.39, 0.29) is 17.5 Å². The monoisotopic (exact) mass is 456 g/mol. The van der Waals surface area contributed by atoms with Gasteiger partial charge in [0.1, 0.15) is 11.5 Å². The van der Waals surface area contributed by atoms with Crippen molar-refractivity contribution in [3.8, 4) is 11.5 Å². The summed E-state index contributed by atoms with van der Waals surface area (Å²) in [5.74, 6) is -0.102. The van der Waals surface area contributed by atoms with Gasteiger partial charge in [-0.15, -0.1) is 0 Å². The van der Waals surface area contributed by atoms with Crippen LogP contribution in [0.5, 0.6) is 11.5 Å². The molecule has 33 heavy (non-hydrogen) atoms. The molecule has 0 saturated carbocycles. The molecule has 1 rings (SSSR count). The van der Waals surface area contributed by atoms with E-state index in [0.717, 1.165) is 19.3 Å². The zero-order valence-electron chi connectivity index (χ0n) is 20.9. The number of hydrogen-bond donors (Lipinski definition) is 3. The first-order chi connectivity index (χ1) is 15.4. The van der Waals surface area contributed by atoms with Crippen molar-refractivity contribution in [2.45, 2.75) is 78.7 Å². The van der Waals surface area contributed by atoms with Gasteiger partial charge in [-0.25, -0.2) is 4.79 Å². The van der Waals surface area contributed by atoms with E-state index < -0.39 is 5.60 Å². The molecule has 0 heterocycles. The Hall–Kier alpha value is -2.79. The number of phenolic OH excluding ortho intramolecular Hbond substituents is 2. The summed E-state index contributed by atoms with van der Waals surface area (Å²) >= 11 is 0. The number of methoxy groups -OCH3 is 1. The van der Waals surface area contributed by atoms with Gasteiger partial charge < -0.3 is 20.1 Å². The zero-order chi connectivity index (χ0) is 25.0. The number of hydrogen-bond acceptors (Lipinski definition) is 5. The summed E-state index contributed by atoms with van der Waals surface area (Å²) in [5.41, 5.74) is 3.15. The van der Waals surface area contributed by atoms with Crippen LogP contribution in [0.2, 0.25) is 0 Å². The molecule has 182 valence electrons. The van der Waals surface area contributed by atoms with Crippen LogP contribution in [0.15, 0.2) is 53.2 Å². The summed E-state index contributed by atoms with van der Waals surface area (Å²) in [7, 11) is 1.41. The molecule has 3 N–H and O–H groups in total. The molecule has 0 saturated heterocycles. The quantitative estimate of drug-likeness (QED) is 0.144. The van der Waals surface area contributed by atoms with Crippen LogP contribution in [0.3, 0.4) is 0 Å². The fourth-order valence-corrected chi connectivity index (χ4v) is 3.31. The number of aryl methyl sites for hydroxylation is 1. The highest BCUT2D eigenvalue weighted by Crippen LogP contribution is 2.28. The average molecular weight is 457 g/mol. The molecular formula is C28H40O5. The Morgan fingerprint density at radius 3 is 2.30 bits per heavy atom. The van der Waals surface area contributed by atoms with Crippen molar-refractivity contribution in [3.63, 3.8) is 0 Å². The lowest BCUT2D eigenvalue weighted by Crippen LogP contribution is -2.19. The third kappa shape index (κ3) is 11.1. The van der Waals surface area contributed by atoms with Crippen molar-refractivity contribution < 1.29 is 24.9 Å². The number of aliphatic hydroxyl groups is 1. The molecule has 1 aromatic carbocycles. The highest BCUT2D eigenvalue weighted by molar-refractivity contribution is 5.88. The fraction of sp³-hybridized carbons (Fsp3) is 0.464. The Bertz CT molecular complexity index is 912. The maximum Gasteiger partial charge on any atom is 0.333 e. The normalized spacial score (nSPS) is 14.3. The minimum atomic E-state index is -1.05.